The van der Waals surface area contributed by atoms with Crippen molar-refractivity contribution in [2.45, 2.75) is 0 Å². The Hall–Kier alpha value is -2.75. The van der Waals surface area contributed by atoms with Gasteiger partial charge in [-0.3, -0.25) is 0 Å². The van der Waals surface area contributed by atoms with Gasteiger partial charge in [0.15, 0.2) is 5.58 Å². The van der Waals surface area contributed by atoms with Crippen LogP contribution in [-0.4, -0.2) is 5.11 Å². The molecule has 0 aliphatic carbocycles. The fourth-order valence-electron chi connectivity index (χ4n) is 2.37. The van der Waals surface area contributed by atoms with Gasteiger partial charge in [0.25, 0.3) is 0 Å². The molecule has 4 heteroatoms. The molecule has 0 fully saturated rings. The molecule has 2 aromatic carbocycles. The lowest BCUT2D eigenvalue weighted by molar-refractivity contribution is 0.473. The first-order valence-corrected chi connectivity index (χ1v) is 5.81. The number of hydrogen-bond acceptors (Lipinski definition) is 4. The van der Waals surface area contributed by atoms with Crippen molar-refractivity contribution >= 4 is 32.9 Å². The molecular formula is C15H8O4. The van der Waals surface area contributed by atoms with Gasteiger partial charge in [-0.25, -0.2) is 4.79 Å². The van der Waals surface area contributed by atoms with Crippen LogP contribution in [0.15, 0.2) is 56.1 Å². The highest BCUT2D eigenvalue weighted by atomic mass is 16.4. The zero-order valence-electron chi connectivity index (χ0n) is 9.71. The minimum atomic E-state index is -0.460. The van der Waals surface area contributed by atoms with Crippen LogP contribution in [0.4, 0.5) is 0 Å². The van der Waals surface area contributed by atoms with Crippen LogP contribution in [0.3, 0.4) is 0 Å². The molecule has 2 heterocycles. The van der Waals surface area contributed by atoms with E-state index in [4.69, 9.17) is 8.83 Å². The number of hydrogen-bond donors (Lipinski definition) is 1. The Morgan fingerprint density at radius 1 is 0.895 bits per heavy atom. The molecule has 0 saturated heterocycles. The summed E-state index contributed by atoms with van der Waals surface area (Å²) in [6.45, 7) is 0. The van der Waals surface area contributed by atoms with Gasteiger partial charge in [-0.15, -0.1) is 0 Å². The molecule has 4 rings (SSSR count). The molecule has 0 spiro atoms. The van der Waals surface area contributed by atoms with Crippen LogP contribution in [0.2, 0.25) is 0 Å². The standard InChI is InChI=1S/C15H8O4/c16-8-5-6-10-12(7-8)19-15(17)13-9-3-1-2-4-11(9)18-14(10)13/h1-7,16H. The van der Waals surface area contributed by atoms with Gasteiger partial charge >= 0.3 is 5.63 Å². The summed E-state index contributed by atoms with van der Waals surface area (Å²) in [5.74, 6) is 0.0473. The van der Waals surface area contributed by atoms with Crippen LogP contribution < -0.4 is 5.63 Å². The van der Waals surface area contributed by atoms with Gasteiger partial charge in [-0.05, 0) is 18.2 Å². The molecule has 0 aliphatic rings. The fourth-order valence-corrected chi connectivity index (χ4v) is 2.37. The number of phenols is 1. The van der Waals surface area contributed by atoms with E-state index in [9.17, 15) is 9.90 Å². The smallest absolute Gasteiger partial charge is 0.348 e. The van der Waals surface area contributed by atoms with Crippen LogP contribution in [0.5, 0.6) is 5.75 Å². The highest BCUT2D eigenvalue weighted by Crippen LogP contribution is 2.32. The Kier molecular flexibility index (Phi) is 1.82. The van der Waals surface area contributed by atoms with Crippen molar-refractivity contribution in [3.8, 4) is 5.75 Å². The molecule has 0 bridgehead atoms. The molecule has 2 aromatic heterocycles. The van der Waals surface area contributed by atoms with E-state index in [0.717, 1.165) is 5.39 Å². The first-order chi connectivity index (χ1) is 9.24. The van der Waals surface area contributed by atoms with Crippen LogP contribution in [-0.2, 0) is 0 Å². The fraction of sp³-hybridized carbons (Fsp3) is 0. The maximum Gasteiger partial charge on any atom is 0.348 e. The van der Waals surface area contributed by atoms with E-state index in [-0.39, 0.29) is 5.75 Å². The average Bonchev–Trinajstić information content (AvgIpc) is 2.78. The molecule has 1 N–H and O–H groups in total. The lowest BCUT2D eigenvalue weighted by atomic mass is 10.1. The van der Waals surface area contributed by atoms with E-state index in [1.54, 1.807) is 12.1 Å². The summed E-state index contributed by atoms with van der Waals surface area (Å²) in [7, 11) is 0. The molecule has 0 aliphatic heterocycles. The molecule has 0 atom stereocenters. The Bertz CT molecular complexity index is 991. The van der Waals surface area contributed by atoms with Gasteiger partial charge in [-0.1, -0.05) is 18.2 Å². The van der Waals surface area contributed by atoms with Crippen molar-refractivity contribution in [3.63, 3.8) is 0 Å². The Labute approximate surface area is 106 Å². The number of aromatic hydroxyl groups is 1. The number of para-hydroxylation sites is 1. The van der Waals surface area contributed by atoms with Gasteiger partial charge in [0.05, 0.1) is 5.39 Å². The molecule has 4 aromatic rings. The molecular weight excluding hydrogens is 244 g/mol. The summed E-state index contributed by atoms with van der Waals surface area (Å²) >= 11 is 0. The molecule has 0 amide bonds. The van der Waals surface area contributed by atoms with E-state index < -0.39 is 5.63 Å². The zero-order valence-corrected chi connectivity index (χ0v) is 9.71. The molecule has 4 nitrogen and oxygen atoms in total. The number of rotatable bonds is 0. The molecule has 0 unspecified atom stereocenters. The SMILES string of the molecule is O=c1oc2cc(O)ccc2c2oc3ccccc3c12. The summed E-state index contributed by atoms with van der Waals surface area (Å²) < 4.78 is 11.0. The number of fused-ring (bicyclic) bond motifs is 5. The van der Waals surface area contributed by atoms with Gasteiger partial charge in [0.1, 0.15) is 22.3 Å². The van der Waals surface area contributed by atoms with Crippen molar-refractivity contribution in [2.24, 2.45) is 0 Å². The third-order valence-corrected chi connectivity index (χ3v) is 3.21. The lowest BCUT2D eigenvalue weighted by Gasteiger charge is -1.97. The Morgan fingerprint density at radius 2 is 1.74 bits per heavy atom. The van der Waals surface area contributed by atoms with Crippen molar-refractivity contribution in [2.75, 3.05) is 0 Å². The van der Waals surface area contributed by atoms with Gasteiger partial charge in [0.2, 0.25) is 0 Å². The molecule has 0 saturated carbocycles. The predicted molar refractivity (Wildman–Crippen MR) is 71.4 cm³/mol. The number of furan rings is 1. The van der Waals surface area contributed by atoms with Crippen LogP contribution in [0, 0.1) is 0 Å². The Balaban J connectivity index is 2.36. The Morgan fingerprint density at radius 3 is 2.63 bits per heavy atom. The van der Waals surface area contributed by atoms with Gasteiger partial charge < -0.3 is 13.9 Å². The summed E-state index contributed by atoms with van der Waals surface area (Å²) in [5.41, 5.74) is 0.993. The highest BCUT2D eigenvalue weighted by Gasteiger charge is 2.15. The van der Waals surface area contributed by atoms with Crippen molar-refractivity contribution in [1.82, 2.24) is 0 Å². The van der Waals surface area contributed by atoms with Gasteiger partial charge in [0, 0.05) is 11.5 Å². The van der Waals surface area contributed by atoms with Crippen molar-refractivity contribution in [3.05, 3.63) is 52.9 Å². The van der Waals surface area contributed by atoms with E-state index in [1.165, 1.54) is 12.1 Å². The minimum Gasteiger partial charge on any atom is -0.508 e. The number of phenolic OH excluding ortho intramolecular Hbond substituents is 1. The first-order valence-electron chi connectivity index (χ1n) is 5.81. The third kappa shape index (κ3) is 1.31. The monoisotopic (exact) mass is 252 g/mol. The predicted octanol–water partition coefficient (Wildman–Crippen LogP) is 3.40. The summed E-state index contributed by atoms with van der Waals surface area (Å²) in [5, 5.41) is 11.3. The first kappa shape index (κ1) is 10.2. The molecule has 0 radical (unpaired) electrons. The maximum atomic E-state index is 12.1. The second-order valence-corrected chi connectivity index (χ2v) is 4.37. The summed E-state index contributed by atoms with van der Waals surface area (Å²) in [6.07, 6.45) is 0. The molecule has 92 valence electrons. The zero-order chi connectivity index (χ0) is 13.0. The second-order valence-electron chi connectivity index (χ2n) is 4.37. The average molecular weight is 252 g/mol. The van der Waals surface area contributed by atoms with Crippen molar-refractivity contribution < 1.29 is 13.9 Å². The van der Waals surface area contributed by atoms with Crippen LogP contribution >= 0.6 is 0 Å². The minimum absolute atomic E-state index is 0.0473. The topological polar surface area (TPSA) is 63.6 Å². The van der Waals surface area contributed by atoms with Crippen molar-refractivity contribution in [1.29, 1.82) is 0 Å². The largest absolute Gasteiger partial charge is 0.508 e. The highest BCUT2D eigenvalue weighted by molar-refractivity contribution is 6.12. The lowest BCUT2D eigenvalue weighted by Crippen LogP contribution is -1.97. The van der Waals surface area contributed by atoms with E-state index in [0.29, 0.717) is 27.5 Å². The van der Waals surface area contributed by atoms with E-state index in [2.05, 4.69) is 0 Å². The summed E-state index contributed by atoms with van der Waals surface area (Å²) in [4.78, 5) is 12.1. The molecule has 19 heavy (non-hydrogen) atoms. The van der Waals surface area contributed by atoms with Crippen LogP contribution in [0.25, 0.3) is 32.9 Å². The third-order valence-electron chi connectivity index (χ3n) is 3.21. The number of benzene rings is 2. The summed E-state index contributed by atoms with van der Waals surface area (Å²) in [6, 6.07) is 11.9. The maximum absolute atomic E-state index is 12.1. The van der Waals surface area contributed by atoms with Gasteiger partial charge in [-0.2, -0.15) is 0 Å². The van der Waals surface area contributed by atoms with E-state index >= 15 is 0 Å². The normalized spacial score (nSPS) is 11.6. The van der Waals surface area contributed by atoms with E-state index in [1.807, 2.05) is 18.2 Å². The second kappa shape index (κ2) is 3.38. The van der Waals surface area contributed by atoms with Crippen LogP contribution in [0.1, 0.15) is 0 Å². The quantitative estimate of drug-likeness (QED) is 0.487.